The van der Waals surface area contributed by atoms with Crippen LogP contribution in [0.3, 0.4) is 0 Å². The van der Waals surface area contributed by atoms with Crippen LogP contribution in [0.1, 0.15) is 5.56 Å². The van der Waals surface area contributed by atoms with Gasteiger partial charge in [0.15, 0.2) is 11.9 Å². The van der Waals surface area contributed by atoms with Crippen molar-refractivity contribution >= 4 is 5.82 Å². The first kappa shape index (κ1) is 13.0. The van der Waals surface area contributed by atoms with Crippen LogP contribution in [0.25, 0.3) is 0 Å². The van der Waals surface area contributed by atoms with E-state index in [1.54, 1.807) is 12.1 Å². The van der Waals surface area contributed by atoms with Gasteiger partial charge in [-0.25, -0.2) is 0 Å². The lowest BCUT2D eigenvalue weighted by Crippen LogP contribution is -1.93. The Bertz CT molecular complexity index is 552. The van der Waals surface area contributed by atoms with Crippen molar-refractivity contribution in [1.29, 1.82) is 0 Å². The molecule has 0 atom stereocenters. The summed E-state index contributed by atoms with van der Waals surface area (Å²) in [5.74, 6) is 0.823. The van der Waals surface area contributed by atoms with Gasteiger partial charge in [-0.1, -0.05) is 12.1 Å². The van der Waals surface area contributed by atoms with Crippen LogP contribution >= 0.6 is 0 Å². The topological polar surface area (TPSA) is 85.5 Å². The van der Waals surface area contributed by atoms with Crippen molar-refractivity contribution in [3.63, 3.8) is 0 Å². The molecule has 0 aliphatic rings. The van der Waals surface area contributed by atoms with Crippen molar-refractivity contribution in [3.8, 4) is 11.5 Å². The highest BCUT2D eigenvalue weighted by Crippen LogP contribution is 2.22. The average Bonchev–Trinajstić information content (AvgIpc) is 2.42. The highest BCUT2D eigenvalue weighted by Gasteiger charge is 2.07. The Morgan fingerprint density at radius 3 is 2.37 bits per heavy atom. The van der Waals surface area contributed by atoms with Gasteiger partial charge >= 0.3 is 5.82 Å². The maximum atomic E-state index is 10.5. The van der Waals surface area contributed by atoms with Gasteiger partial charge in [0.25, 0.3) is 0 Å². The fourth-order valence-corrected chi connectivity index (χ4v) is 1.53. The number of ether oxygens (including phenoxy) is 1. The molecule has 98 valence electrons. The number of benzene rings is 1. The smallest absolute Gasteiger partial charge is 0.363 e. The molecule has 0 saturated carbocycles. The molecule has 1 N–H and O–H groups in total. The lowest BCUT2D eigenvalue weighted by molar-refractivity contribution is -0.389. The highest BCUT2D eigenvalue weighted by molar-refractivity contribution is 5.34. The number of hydrogen-bond acceptors (Lipinski definition) is 5. The number of rotatable bonds is 5. The summed E-state index contributed by atoms with van der Waals surface area (Å²) in [5, 5.41) is 19.3. The van der Waals surface area contributed by atoms with Crippen LogP contribution in [0.2, 0.25) is 0 Å². The quantitative estimate of drug-likeness (QED) is 0.658. The van der Waals surface area contributed by atoms with Gasteiger partial charge in [0.2, 0.25) is 0 Å². The van der Waals surface area contributed by atoms with Crippen LogP contribution < -0.4 is 4.74 Å². The number of aromatic nitrogens is 1. The molecule has 6 heteroatoms. The Kier molecular flexibility index (Phi) is 4.04. The van der Waals surface area contributed by atoms with Gasteiger partial charge in [0, 0.05) is 12.7 Å². The largest absolute Gasteiger partial charge is 0.453 e. The van der Waals surface area contributed by atoms with Crippen molar-refractivity contribution in [2.45, 2.75) is 6.42 Å². The molecule has 0 bridgehead atoms. The predicted octanol–water partition coefficient (Wildman–Crippen LogP) is 2.32. The molecule has 0 amide bonds. The van der Waals surface area contributed by atoms with E-state index in [1.807, 2.05) is 12.1 Å². The van der Waals surface area contributed by atoms with Crippen LogP contribution in [0, 0.1) is 10.1 Å². The summed E-state index contributed by atoms with van der Waals surface area (Å²) in [6, 6.07) is 10.0. The molecular formula is C13H12N2O4. The first-order valence-corrected chi connectivity index (χ1v) is 5.67. The van der Waals surface area contributed by atoms with Crippen LogP contribution in [0.4, 0.5) is 5.82 Å². The first-order chi connectivity index (χ1) is 9.19. The summed E-state index contributed by atoms with van der Waals surface area (Å²) < 4.78 is 5.50. The summed E-state index contributed by atoms with van der Waals surface area (Å²) in [4.78, 5) is 13.6. The lowest BCUT2D eigenvalue weighted by atomic mass is 10.1. The second-order valence-corrected chi connectivity index (χ2v) is 3.83. The molecule has 0 fully saturated rings. The Hall–Kier alpha value is -2.47. The van der Waals surface area contributed by atoms with Crippen molar-refractivity contribution < 1.29 is 14.8 Å². The number of aliphatic hydroxyl groups excluding tert-OH is 1. The first-order valence-electron chi connectivity index (χ1n) is 5.67. The molecule has 0 aliphatic carbocycles. The summed E-state index contributed by atoms with van der Waals surface area (Å²) in [5.41, 5.74) is 1.01. The third-order valence-electron chi connectivity index (χ3n) is 2.47. The summed E-state index contributed by atoms with van der Waals surface area (Å²) in [6.07, 6.45) is 1.90. The van der Waals surface area contributed by atoms with Gasteiger partial charge < -0.3 is 20.0 Å². The number of nitro groups is 1. The lowest BCUT2D eigenvalue weighted by Gasteiger charge is -2.05. The van der Waals surface area contributed by atoms with Gasteiger partial charge in [-0.3, -0.25) is 0 Å². The van der Waals surface area contributed by atoms with E-state index in [-0.39, 0.29) is 12.4 Å². The van der Waals surface area contributed by atoms with Crippen molar-refractivity contribution in [1.82, 2.24) is 4.98 Å². The molecule has 0 spiro atoms. The normalized spacial score (nSPS) is 10.2. The van der Waals surface area contributed by atoms with E-state index in [2.05, 4.69) is 4.98 Å². The number of pyridine rings is 1. The molecule has 1 heterocycles. The van der Waals surface area contributed by atoms with Crippen molar-refractivity contribution in [2.75, 3.05) is 6.61 Å². The maximum absolute atomic E-state index is 10.5. The monoisotopic (exact) mass is 260 g/mol. The van der Waals surface area contributed by atoms with E-state index in [0.717, 1.165) is 5.56 Å². The maximum Gasteiger partial charge on any atom is 0.363 e. The van der Waals surface area contributed by atoms with E-state index in [1.165, 1.54) is 18.3 Å². The van der Waals surface area contributed by atoms with Gasteiger partial charge in [-0.05, 0) is 40.1 Å². The molecule has 19 heavy (non-hydrogen) atoms. The molecule has 0 aliphatic heterocycles. The zero-order chi connectivity index (χ0) is 13.7. The van der Waals surface area contributed by atoms with Gasteiger partial charge in [-0.2, -0.15) is 0 Å². The van der Waals surface area contributed by atoms with Crippen molar-refractivity contribution in [3.05, 3.63) is 58.3 Å². The molecule has 6 nitrogen and oxygen atoms in total. The second kappa shape index (κ2) is 5.92. The molecule has 2 rings (SSSR count). The van der Waals surface area contributed by atoms with Crippen LogP contribution in [0.5, 0.6) is 11.5 Å². The summed E-state index contributed by atoms with van der Waals surface area (Å²) in [7, 11) is 0. The predicted molar refractivity (Wildman–Crippen MR) is 68.2 cm³/mol. The Morgan fingerprint density at radius 2 is 1.84 bits per heavy atom. The van der Waals surface area contributed by atoms with Crippen molar-refractivity contribution in [2.24, 2.45) is 0 Å². The van der Waals surface area contributed by atoms with Gasteiger partial charge in [-0.15, -0.1) is 0 Å². The molecule has 0 saturated heterocycles. The van der Waals surface area contributed by atoms with Gasteiger partial charge in [0.1, 0.15) is 5.75 Å². The average molecular weight is 260 g/mol. The zero-order valence-corrected chi connectivity index (χ0v) is 10.0. The number of nitrogens with zero attached hydrogens (tertiary/aromatic N) is 2. The minimum absolute atomic E-state index is 0.104. The van der Waals surface area contributed by atoms with Crippen LogP contribution in [-0.2, 0) is 6.42 Å². The minimum Gasteiger partial charge on any atom is -0.453 e. The molecule has 1 aromatic heterocycles. The van der Waals surface area contributed by atoms with E-state index >= 15 is 0 Å². The van der Waals surface area contributed by atoms with E-state index in [9.17, 15) is 10.1 Å². The van der Waals surface area contributed by atoms with E-state index in [4.69, 9.17) is 9.84 Å². The van der Waals surface area contributed by atoms with E-state index in [0.29, 0.717) is 17.9 Å². The van der Waals surface area contributed by atoms with E-state index < -0.39 is 4.92 Å². The van der Waals surface area contributed by atoms with Crippen LogP contribution in [0.15, 0.2) is 42.6 Å². The molecule has 1 aromatic carbocycles. The fraction of sp³-hybridized carbons (Fsp3) is 0.154. The third-order valence-corrected chi connectivity index (χ3v) is 2.47. The standard InChI is InChI=1S/C13H12N2O4/c16-8-7-10-1-3-11(4-2-10)19-12-5-6-13(14-9-12)15(17)18/h1-6,9,16H,7-8H2. The SMILES string of the molecule is O=[N+]([O-])c1ccc(Oc2ccc(CCO)cc2)cn1. The van der Waals surface area contributed by atoms with Gasteiger partial charge in [0.05, 0.1) is 0 Å². The highest BCUT2D eigenvalue weighted by atomic mass is 16.6. The Morgan fingerprint density at radius 1 is 1.16 bits per heavy atom. The van der Waals surface area contributed by atoms with Crippen LogP contribution in [-0.4, -0.2) is 21.6 Å². The fourth-order valence-electron chi connectivity index (χ4n) is 1.53. The molecule has 0 unspecified atom stereocenters. The minimum atomic E-state index is -0.562. The Labute approximate surface area is 109 Å². The molecule has 2 aromatic rings. The third kappa shape index (κ3) is 3.49. The summed E-state index contributed by atoms with van der Waals surface area (Å²) in [6.45, 7) is 0.104. The molecular weight excluding hydrogens is 248 g/mol. The number of hydrogen-bond donors (Lipinski definition) is 1. The second-order valence-electron chi connectivity index (χ2n) is 3.83. The molecule has 0 radical (unpaired) electrons. The number of aliphatic hydroxyl groups is 1. The Balaban J connectivity index is 2.06. The zero-order valence-electron chi connectivity index (χ0n) is 10.0. The summed E-state index contributed by atoms with van der Waals surface area (Å²) >= 11 is 0.